The lowest BCUT2D eigenvalue weighted by atomic mass is 10.1. The second-order valence-corrected chi connectivity index (χ2v) is 5.05. The first kappa shape index (κ1) is 21.2. The van der Waals surface area contributed by atoms with E-state index >= 15 is 0 Å². The zero-order chi connectivity index (χ0) is 17.6. The molecule has 1 heterocycles. The first-order chi connectivity index (χ1) is 11.4. The number of guanidine groups is 1. The minimum absolute atomic E-state index is 0. The van der Waals surface area contributed by atoms with Crippen LogP contribution in [0.1, 0.15) is 23.9 Å². The highest BCUT2D eigenvalue weighted by Gasteiger charge is 2.30. The predicted octanol–water partition coefficient (Wildman–Crippen LogP) is 2.71. The summed E-state index contributed by atoms with van der Waals surface area (Å²) in [7, 11) is 1.77. The van der Waals surface area contributed by atoms with E-state index in [1.807, 2.05) is 6.92 Å². The number of aryl methyl sites for hydroxylation is 1. The van der Waals surface area contributed by atoms with Gasteiger partial charge in [0.1, 0.15) is 12.2 Å². The average Bonchev–Trinajstić information content (AvgIpc) is 2.95. The fourth-order valence-corrected chi connectivity index (χ4v) is 2.00. The van der Waals surface area contributed by atoms with Crippen LogP contribution in [0.4, 0.5) is 13.2 Å². The van der Waals surface area contributed by atoms with Crippen LogP contribution in [0.3, 0.4) is 0 Å². The third-order valence-electron chi connectivity index (χ3n) is 3.24. The molecule has 0 fully saturated rings. The van der Waals surface area contributed by atoms with Gasteiger partial charge in [0.2, 0.25) is 0 Å². The van der Waals surface area contributed by atoms with Crippen molar-refractivity contribution in [2.75, 3.05) is 6.54 Å². The van der Waals surface area contributed by atoms with Gasteiger partial charge in [-0.2, -0.15) is 18.3 Å². The molecule has 2 aromatic rings. The van der Waals surface area contributed by atoms with Gasteiger partial charge in [0.05, 0.1) is 18.7 Å². The summed E-state index contributed by atoms with van der Waals surface area (Å²) in [5.74, 6) is 1.22. The van der Waals surface area contributed by atoms with Crippen LogP contribution in [0.15, 0.2) is 35.6 Å². The van der Waals surface area contributed by atoms with Crippen LogP contribution in [-0.2, 0) is 26.3 Å². The highest BCUT2D eigenvalue weighted by molar-refractivity contribution is 14.0. The number of nitrogens with zero attached hydrogens (tertiary/aromatic N) is 4. The van der Waals surface area contributed by atoms with E-state index in [-0.39, 0.29) is 30.5 Å². The molecule has 0 aliphatic carbocycles. The van der Waals surface area contributed by atoms with Gasteiger partial charge in [-0.15, -0.1) is 24.0 Å². The Hall–Kier alpha value is -1.85. The molecular weight excluding hydrogens is 448 g/mol. The third kappa shape index (κ3) is 6.52. The number of rotatable bonds is 5. The van der Waals surface area contributed by atoms with Crippen molar-refractivity contribution in [1.82, 2.24) is 25.4 Å². The fourth-order valence-electron chi connectivity index (χ4n) is 2.00. The average molecular weight is 468 g/mol. The molecule has 138 valence electrons. The summed E-state index contributed by atoms with van der Waals surface area (Å²) in [4.78, 5) is 8.39. The summed E-state index contributed by atoms with van der Waals surface area (Å²) < 4.78 is 39.8. The van der Waals surface area contributed by atoms with Crippen LogP contribution in [0.25, 0.3) is 0 Å². The van der Waals surface area contributed by atoms with Crippen molar-refractivity contribution in [3.63, 3.8) is 0 Å². The topological polar surface area (TPSA) is 67.1 Å². The molecular formula is C15H20F3IN6. The van der Waals surface area contributed by atoms with Crippen molar-refractivity contribution in [1.29, 1.82) is 0 Å². The van der Waals surface area contributed by atoms with Crippen LogP contribution in [0, 0.1) is 0 Å². The van der Waals surface area contributed by atoms with E-state index in [4.69, 9.17) is 0 Å². The molecule has 0 aliphatic rings. The van der Waals surface area contributed by atoms with E-state index in [0.29, 0.717) is 24.6 Å². The van der Waals surface area contributed by atoms with Crippen LogP contribution >= 0.6 is 24.0 Å². The molecule has 0 bridgehead atoms. The predicted molar refractivity (Wildman–Crippen MR) is 99.5 cm³/mol. The Bertz CT molecular complexity index is 699. The van der Waals surface area contributed by atoms with E-state index in [9.17, 15) is 13.2 Å². The number of halogens is 4. The number of aromatic nitrogens is 3. The quantitative estimate of drug-likeness (QED) is 0.403. The monoisotopic (exact) mass is 468 g/mol. The molecule has 0 spiro atoms. The van der Waals surface area contributed by atoms with Crippen molar-refractivity contribution in [3.8, 4) is 0 Å². The lowest BCUT2D eigenvalue weighted by molar-refractivity contribution is -0.137. The highest BCUT2D eigenvalue weighted by atomic mass is 127. The van der Waals surface area contributed by atoms with E-state index in [0.717, 1.165) is 18.0 Å². The summed E-state index contributed by atoms with van der Waals surface area (Å²) in [5.41, 5.74) is -0.187. The van der Waals surface area contributed by atoms with Crippen molar-refractivity contribution >= 4 is 29.9 Å². The summed E-state index contributed by atoms with van der Waals surface area (Å²) in [5, 5.41) is 10.1. The Labute approximate surface area is 161 Å². The summed E-state index contributed by atoms with van der Waals surface area (Å²) in [6, 6.07) is 5.15. The van der Waals surface area contributed by atoms with Gasteiger partial charge in [0, 0.05) is 13.6 Å². The molecule has 2 rings (SSSR count). The van der Waals surface area contributed by atoms with Gasteiger partial charge in [0.25, 0.3) is 0 Å². The number of benzene rings is 1. The summed E-state index contributed by atoms with van der Waals surface area (Å²) in [6.45, 7) is 3.08. The second-order valence-electron chi connectivity index (χ2n) is 5.05. The lowest BCUT2D eigenvalue weighted by Gasteiger charge is -2.11. The molecule has 0 amide bonds. The Morgan fingerprint density at radius 3 is 2.64 bits per heavy atom. The Morgan fingerprint density at radius 2 is 2.04 bits per heavy atom. The fraction of sp³-hybridized carbons (Fsp3) is 0.400. The molecule has 0 radical (unpaired) electrons. The summed E-state index contributed by atoms with van der Waals surface area (Å²) >= 11 is 0. The standard InChI is InChI=1S/C15H19F3N6.HI/c1-3-19-14(21-9-13-22-10-23-24(13)2)20-8-11-5-4-6-12(7-11)15(16,17)18;/h4-7,10H,3,8-9H2,1-2H3,(H2,19,20,21);1H. The normalized spacial score (nSPS) is 11.8. The third-order valence-corrected chi connectivity index (χ3v) is 3.24. The van der Waals surface area contributed by atoms with E-state index in [1.54, 1.807) is 17.8 Å². The molecule has 10 heteroatoms. The van der Waals surface area contributed by atoms with E-state index in [2.05, 4.69) is 25.7 Å². The number of nitrogens with one attached hydrogen (secondary N) is 2. The second kappa shape index (κ2) is 9.59. The van der Waals surface area contributed by atoms with E-state index in [1.165, 1.54) is 12.4 Å². The maximum Gasteiger partial charge on any atom is 0.416 e. The van der Waals surface area contributed by atoms with Crippen LogP contribution < -0.4 is 10.6 Å². The van der Waals surface area contributed by atoms with Crippen molar-refractivity contribution in [2.45, 2.75) is 26.2 Å². The first-order valence-electron chi connectivity index (χ1n) is 7.41. The van der Waals surface area contributed by atoms with Crippen molar-refractivity contribution in [3.05, 3.63) is 47.5 Å². The van der Waals surface area contributed by atoms with E-state index < -0.39 is 11.7 Å². The van der Waals surface area contributed by atoms with Gasteiger partial charge in [-0.25, -0.2) is 9.98 Å². The Morgan fingerprint density at radius 1 is 1.28 bits per heavy atom. The molecule has 2 N–H and O–H groups in total. The molecule has 0 unspecified atom stereocenters. The molecule has 0 atom stereocenters. The molecule has 0 aliphatic heterocycles. The first-order valence-corrected chi connectivity index (χ1v) is 7.41. The van der Waals surface area contributed by atoms with Crippen LogP contribution in [0.5, 0.6) is 0 Å². The van der Waals surface area contributed by atoms with Gasteiger partial charge < -0.3 is 10.6 Å². The van der Waals surface area contributed by atoms with Gasteiger partial charge >= 0.3 is 6.18 Å². The number of alkyl halides is 3. The van der Waals surface area contributed by atoms with Crippen molar-refractivity contribution in [2.24, 2.45) is 12.0 Å². The Balaban J connectivity index is 0.00000312. The Kier molecular flexibility index (Phi) is 8.13. The minimum atomic E-state index is -4.35. The number of hydrogen-bond acceptors (Lipinski definition) is 3. The van der Waals surface area contributed by atoms with Gasteiger partial charge in [-0.05, 0) is 24.6 Å². The number of hydrogen-bond donors (Lipinski definition) is 2. The van der Waals surface area contributed by atoms with Gasteiger partial charge in [-0.1, -0.05) is 12.1 Å². The van der Waals surface area contributed by atoms with Gasteiger partial charge in [0.15, 0.2) is 5.96 Å². The molecule has 1 aromatic heterocycles. The zero-order valence-corrected chi connectivity index (χ0v) is 16.2. The maximum absolute atomic E-state index is 12.7. The lowest BCUT2D eigenvalue weighted by Crippen LogP contribution is -2.37. The van der Waals surface area contributed by atoms with Crippen molar-refractivity contribution < 1.29 is 13.2 Å². The maximum atomic E-state index is 12.7. The van der Waals surface area contributed by atoms with Gasteiger partial charge in [-0.3, -0.25) is 4.68 Å². The molecule has 25 heavy (non-hydrogen) atoms. The largest absolute Gasteiger partial charge is 0.416 e. The number of aliphatic imine (C=N–C) groups is 1. The summed E-state index contributed by atoms with van der Waals surface area (Å²) in [6.07, 6.45) is -2.91. The zero-order valence-electron chi connectivity index (χ0n) is 13.8. The van der Waals surface area contributed by atoms with Crippen LogP contribution in [-0.4, -0.2) is 27.3 Å². The molecule has 1 aromatic carbocycles. The molecule has 0 saturated carbocycles. The smallest absolute Gasteiger partial charge is 0.357 e. The molecule has 0 saturated heterocycles. The van der Waals surface area contributed by atoms with Crippen LogP contribution in [0.2, 0.25) is 0 Å². The highest BCUT2D eigenvalue weighted by Crippen LogP contribution is 2.29. The SMILES string of the molecule is CCNC(=NCc1cccc(C(F)(F)F)c1)NCc1ncnn1C.I. The molecule has 6 nitrogen and oxygen atoms in total. The minimum Gasteiger partial charge on any atom is -0.357 e.